The molecule has 6 nitrogen and oxygen atoms in total. The summed E-state index contributed by atoms with van der Waals surface area (Å²) in [4.78, 5) is 26.9. The molecule has 6 heteroatoms. The molecule has 1 fully saturated rings. The summed E-state index contributed by atoms with van der Waals surface area (Å²) in [5.74, 6) is -1.62. The lowest BCUT2D eigenvalue weighted by Crippen LogP contribution is -2.38. The summed E-state index contributed by atoms with van der Waals surface area (Å²) in [7, 11) is 2.93. The first-order chi connectivity index (χ1) is 13.1. The normalized spacial score (nSPS) is 19.1. The third kappa shape index (κ3) is 3.63. The van der Waals surface area contributed by atoms with Crippen molar-refractivity contribution < 1.29 is 24.2 Å². The molecule has 0 unspecified atom stereocenters. The van der Waals surface area contributed by atoms with Crippen LogP contribution in [0.15, 0.2) is 66.2 Å². The molecule has 0 spiro atoms. The predicted molar refractivity (Wildman–Crippen MR) is 99.7 cm³/mol. The number of ether oxygens (including phenoxy) is 2. The maximum atomic E-state index is 12.8. The number of carbonyl (C=O) groups excluding carboxylic acids is 2. The number of ketones is 1. The average Bonchev–Trinajstić information content (AvgIpc) is 2.97. The number of hydrogen-bond acceptors (Lipinski definition) is 5. The van der Waals surface area contributed by atoms with Crippen molar-refractivity contribution >= 4 is 17.4 Å². The van der Waals surface area contributed by atoms with Gasteiger partial charge in [-0.25, -0.2) is 0 Å². The molecule has 1 aliphatic rings. The number of rotatable bonds is 6. The molecule has 0 aromatic heterocycles. The third-order valence-corrected chi connectivity index (χ3v) is 4.57. The van der Waals surface area contributed by atoms with E-state index in [1.54, 1.807) is 24.3 Å². The Kier molecular flexibility index (Phi) is 5.69. The Hall–Kier alpha value is -2.96. The number of likely N-dealkylation sites (tertiary alicyclic amines) is 1. The lowest BCUT2D eigenvalue weighted by molar-refractivity contribution is -0.149. The zero-order valence-corrected chi connectivity index (χ0v) is 15.2. The number of methoxy groups -OCH3 is 2. The van der Waals surface area contributed by atoms with Crippen molar-refractivity contribution in [2.75, 3.05) is 20.8 Å². The maximum absolute atomic E-state index is 12.8. The Morgan fingerprint density at radius 2 is 1.56 bits per heavy atom. The monoisotopic (exact) mass is 367 g/mol. The van der Waals surface area contributed by atoms with Gasteiger partial charge < -0.3 is 19.5 Å². The molecule has 0 aliphatic carbocycles. The molecule has 0 saturated carbocycles. The first-order valence-electron chi connectivity index (χ1n) is 8.52. The summed E-state index contributed by atoms with van der Waals surface area (Å²) in [6.45, 7) is 0.0582. The van der Waals surface area contributed by atoms with Gasteiger partial charge in [-0.1, -0.05) is 60.7 Å². The van der Waals surface area contributed by atoms with E-state index in [1.807, 2.05) is 36.4 Å². The Bertz CT molecular complexity index is 843. The highest BCUT2D eigenvalue weighted by Crippen LogP contribution is 2.39. The van der Waals surface area contributed by atoms with Gasteiger partial charge in [0.25, 0.3) is 11.7 Å². The number of carbonyl (C=O) groups is 2. The van der Waals surface area contributed by atoms with E-state index in [2.05, 4.69) is 0 Å². The minimum atomic E-state index is -0.726. The molecule has 1 amide bonds. The van der Waals surface area contributed by atoms with Gasteiger partial charge in [0.15, 0.2) is 6.29 Å². The maximum Gasteiger partial charge on any atom is 0.295 e. The minimum Gasteiger partial charge on any atom is -0.507 e. The summed E-state index contributed by atoms with van der Waals surface area (Å²) >= 11 is 0. The van der Waals surface area contributed by atoms with Crippen LogP contribution in [-0.2, 0) is 19.1 Å². The lowest BCUT2D eigenvalue weighted by atomic mass is 9.95. The molecular weight excluding hydrogens is 346 g/mol. The van der Waals surface area contributed by atoms with E-state index in [1.165, 1.54) is 19.1 Å². The molecule has 2 aromatic rings. The van der Waals surface area contributed by atoms with Crippen molar-refractivity contribution in [2.24, 2.45) is 0 Å². The molecule has 1 aliphatic heterocycles. The SMILES string of the molecule is COC(CN1C(=O)C(=O)C(=C(O)c2ccccc2)[C@@H]1c1ccccc1)OC. The predicted octanol–water partition coefficient (Wildman–Crippen LogP) is 2.73. The van der Waals surface area contributed by atoms with Gasteiger partial charge in [0.1, 0.15) is 5.76 Å². The van der Waals surface area contributed by atoms with E-state index in [0.29, 0.717) is 5.56 Å². The van der Waals surface area contributed by atoms with Crippen LogP contribution in [0.3, 0.4) is 0 Å². The molecule has 0 bridgehead atoms. The van der Waals surface area contributed by atoms with E-state index in [0.717, 1.165) is 5.56 Å². The van der Waals surface area contributed by atoms with Gasteiger partial charge >= 0.3 is 0 Å². The molecule has 140 valence electrons. The second kappa shape index (κ2) is 8.16. The largest absolute Gasteiger partial charge is 0.507 e. The van der Waals surface area contributed by atoms with E-state index >= 15 is 0 Å². The van der Waals surface area contributed by atoms with Crippen LogP contribution in [0.2, 0.25) is 0 Å². The summed E-state index contributed by atoms with van der Waals surface area (Å²) < 4.78 is 10.4. The first-order valence-corrected chi connectivity index (χ1v) is 8.52. The molecular formula is C21H21NO5. The topological polar surface area (TPSA) is 76.1 Å². The van der Waals surface area contributed by atoms with Gasteiger partial charge in [0.05, 0.1) is 18.2 Å². The standard InChI is InChI=1S/C21H21NO5/c1-26-16(27-2)13-22-18(14-9-5-3-6-10-14)17(20(24)21(22)25)19(23)15-11-7-4-8-12-15/h3-12,16,18,23H,13H2,1-2H3/t18-/m0/s1. The highest BCUT2D eigenvalue weighted by Gasteiger charge is 2.46. The fraction of sp³-hybridized carbons (Fsp3) is 0.238. The lowest BCUT2D eigenvalue weighted by Gasteiger charge is -2.28. The average molecular weight is 367 g/mol. The Balaban J connectivity index is 2.14. The van der Waals surface area contributed by atoms with E-state index in [4.69, 9.17) is 9.47 Å². The Morgan fingerprint density at radius 3 is 2.11 bits per heavy atom. The molecule has 3 rings (SSSR count). The fourth-order valence-electron chi connectivity index (χ4n) is 3.21. The zero-order valence-electron chi connectivity index (χ0n) is 15.2. The first kappa shape index (κ1) is 18.8. The van der Waals surface area contributed by atoms with Crippen LogP contribution in [-0.4, -0.2) is 48.8 Å². The molecule has 1 heterocycles. The van der Waals surface area contributed by atoms with Crippen LogP contribution in [0.25, 0.3) is 5.76 Å². The van der Waals surface area contributed by atoms with Crippen molar-refractivity contribution in [1.29, 1.82) is 0 Å². The highest BCUT2D eigenvalue weighted by molar-refractivity contribution is 6.46. The van der Waals surface area contributed by atoms with Gasteiger partial charge in [0.2, 0.25) is 0 Å². The smallest absolute Gasteiger partial charge is 0.295 e. The second-order valence-electron chi connectivity index (χ2n) is 6.13. The third-order valence-electron chi connectivity index (χ3n) is 4.57. The summed E-state index contributed by atoms with van der Waals surface area (Å²) in [6, 6.07) is 17.1. The molecule has 1 saturated heterocycles. The van der Waals surface area contributed by atoms with Gasteiger partial charge in [-0.3, -0.25) is 9.59 Å². The van der Waals surface area contributed by atoms with Crippen molar-refractivity contribution in [3.8, 4) is 0 Å². The molecule has 27 heavy (non-hydrogen) atoms. The summed E-state index contributed by atoms with van der Waals surface area (Å²) in [6.07, 6.45) is -0.689. The van der Waals surface area contributed by atoms with Crippen LogP contribution in [0.1, 0.15) is 17.2 Å². The van der Waals surface area contributed by atoms with E-state index in [9.17, 15) is 14.7 Å². The van der Waals surface area contributed by atoms with Crippen molar-refractivity contribution in [1.82, 2.24) is 4.90 Å². The molecule has 1 N–H and O–H groups in total. The highest BCUT2D eigenvalue weighted by atomic mass is 16.7. The van der Waals surface area contributed by atoms with Crippen LogP contribution >= 0.6 is 0 Å². The number of hydrogen-bond donors (Lipinski definition) is 1. The van der Waals surface area contributed by atoms with Crippen LogP contribution < -0.4 is 0 Å². The van der Waals surface area contributed by atoms with E-state index < -0.39 is 24.0 Å². The zero-order chi connectivity index (χ0) is 19.4. The summed E-state index contributed by atoms with van der Waals surface area (Å²) in [5, 5.41) is 10.8. The van der Waals surface area contributed by atoms with Crippen molar-refractivity contribution in [3.05, 3.63) is 77.4 Å². The van der Waals surface area contributed by atoms with Crippen LogP contribution in [0, 0.1) is 0 Å². The number of nitrogens with zero attached hydrogens (tertiary/aromatic N) is 1. The van der Waals surface area contributed by atoms with E-state index in [-0.39, 0.29) is 17.9 Å². The van der Waals surface area contributed by atoms with Gasteiger partial charge in [-0.05, 0) is 5.56 Å². The molecule has 0 radical (unpaired) electrons. The number of aliphatic hydroxyl groups excluding tert-OH is 1. The minimum absolute atomic E-state index is 0.0582. The molecule has 2 aromatic carbocycles. The quantitative estimate of drug-likeness (QED) is 0.368. The van der Waals surface area contributed by atoms with Crippen LogP contribution in [0.5, 0.6) is 0 Å². The van der Waals surface area contributed by atoms with Gasteiger partial charge in [-0.15, -0.1) is 0 Å². The number of Topliss-reactive ketones (excluding diaryl/α,β-unsaturated/α-hetero) is 1. The summed E-state index contributed by atoms with van der Waals surface area (Å²) in [5.41, 5.74) is 1.26. The number of aliphatic hydroxyl groups is 1. The fourth-order valence-corrected chi connectivity index (χ4v) is 3.21. The molecule has 1 atom stereocenters. The Labute approximate surface area is 157 Å². The number of amides is 1. The van der Waals surface area contributed by atoms with Crippen molar-refractivity contribution in [2.45, 2.75) is 12.3 Å². The van der Waals surface area contributed by atoms with Gasteiger partial charge in [-0.2, -0.15) is 0 Å². The van der Waals surface area contributed by atoms with Crippen LogP contribution in [0.4, 0.5) is 0 Å². The van der Waals surface area contributed by atoms with Crippen molar-refractivity contribution in [3.63, 3.8) is 0 Å². The van der Waals surface area contributed by atoms with Gasteiger partial charge in [0, 0.05) is 19.8 Å². The number of benzene rings is 2. The second-order valence-corrected chi connectivity index (χ2v) is 6.13. The Morgan fingerprint density at radius 1 is 1.00 bits per heavy atom.